The van der Waals surface area contributed by atoms with Crippen molar-refractivity contribution < 1.29 is 99.9 Å². The van der Waals surface area contributed by atoms with Gasteiger partial charge in [0.2, 0.25) is 0 Å². The second-order valence-electron chi connectivity index (χ2n) is 21.4. The second kappa shape index (κ2) is 37.8. The molecular formula is C59H90O21. The maximum absolute atomic E-state index is 14.4. The van der Waals surface area contributed by atoms with Gasteiger partial charge in [-0.1, -0.05) is 63.0 Å². The number of hydrogen-bond donors (Lipinski definition) is 0. The summed E-state index contributed by atoms with van der Waals surface area (Å²) in [5.74, 6) is -6.20. The van der Waals surface area contributed by atoms with E-state index in [9.17, 15) is 33.6 Å². The van der Waals surface area contributed by atoms with Crippen LogP contribution in [0.4, 0.5) is 0 Å². The molecule has 0 spiro atoms. The fourth-order valence-corrected chi connectivity index (χ4v) is 6.33. The Hall–Kier alpha value is -6.07. The maximum Gasteiger partial charge on any atom is 0.330 e. The smallest absolute Gasteiger partial charge is 0.330 e. The van der Waals surface area contributed by atoms with Gasteiger partial charge in [0, 0.05) is 11.5 Å². The molecule has 0 bridgehead atoms. The van der Waals surface area contributed by atoms with Crippen LogP contribution in [0.1, 0.15) is 55.4 Å². The van der Waals surface area contributed by atoms with Gasteiger partial charge >= 0.3 is 41.8 Å². The average Bonchev–Trinajstić information content (AvgIpc) is 3.43. The van der Waals surface area contributed by atoms with Gasteiger partial charge in [-0.05, 0) is 41.5 Å². The van der Waals surface area contributed by atoms with E-state index < -0.39 is 126 Å². The molecule has 0 rings (SSSR count). The van der Waals surface area contributed by atoms with Gasteiger partial charge < -0.3 is 66.3 Å². The van der Waals surface area contributed by atoms with E-state index in [4.69, 9.17) is 66.3 Å². The van der Waals surface area contributed by atoms with Crippen LogP contribution in [0.5, 0.6) is 0 Å². The van der Waals surface area contributed by atoms with E-state index in [0.717, 1.165) is 6.08 Å². The highest BCUT2D eigenvalue weighted by molar-refractivity contribution is 5.83. The topological polar surface area (TPSA) is 249 Å². The number of esters is 7. The summed E-state index contributed by atoms with van der Waals surface area (Å²) in [6.45, 7) is 36.1. The molecule has 2 atom stereocenters. The van der Waals surface area contributed by atoms with E-state index >= 15 is 0 Å². The highest BCUT2D eigenvalue weighted by atomic mass is 16.6. The normalized spacial score (nSPS) is 13.3. The summed E-state index contributed by atoms with van der Waals surface area (Å²) in [4.78, 5) is 96.2. The summed E-state index contributed by atoms with van der Waals surface area (Å²) >= 11 is 0. The van der Waals surface area contributed by atoms with Gasteiger partial charge in [0.25, 0.3) is 0 Å². The summed E-state index contributed by atoms with van der Waals surface area (Å²) in [6, 6.07) is 0. The van der Waals surface area contributed by atoms with E-state index in [1.54, 1.807) is 27.7 Å². The Morgan fingerprint density at radius 1 is 0.263 bits per heavy atom. The summed E-state index contributed by atoms with van der Waals surface area (Å²) in [5, 5.41) is 0. The van der Waals surface area contributed by atoms with Crippen molar-refractivity contribution >= 4 is 41.8 Å². The van der Waals surface area contributed by atoms with E-state index in [2.05, 4.69) is 52.6 Å². The number of rotatable bonds is 49. The third kappa shape index (κ3) is 26.9. The third-order valence-corrected chi connectivity index (χ3v) is 11.5. The molecule has 80 heavy (non-hydrogen) atoms. The highest BCUT2D eigenvalue weighted by Crippen LogP contribution is 2.31. The molecule has 2 unspecified atom stereocenters. The molecule has 0 saturated carbocycles. The minimum absolute atomic E-state index is 0.0342. The van der Waals surface area contributed by atoms with Gasteiger partial charge in [0.1, 0.15) is 65.5 Å². The Bertz CT molecular complexity index is 1960. The van der Waals surface area contributed by atoms with Crippen LogP contribution >= 0.6 is 0 Å². The van der Waals surface area contributed by atoms with Crippen LogP contribution in [0.25, 0.3) is 0 Å². The summed E-state index contributed by atoms with van der Waals surface area (Å²) in [5.41, 5.74) is -10.7. The van der Waals surface area contributed by atoms with Crippen LogP contribution in [0.2, 0.25) is 0 Å². The van der Waals surface area contributed by atoms with Gasteiger partial charge in [-0.25, -0.2) is 4.79 Å². The predicted molar refractivity (Wildman–Crippen MR) is 296 cm³/mol. The third-order valence-electron chi connectivity index (χ3n) is 11.5. The predicted octanol–water partition coefficient (Wildman–Crippen LogP) is 6.46. The molecule has 0 fully saturated rings. The van der Waals surface area contributed by atoms with Gasteiger partial charge in [-0.2, -0.15) is 0 Å². The second-order valence-corrected chi connectivity index (χ2v) is 21.4. The first-order valence-electron chi connectivity index (χ1n) is 25.8. The molecule has 0 aliphatic heterocycles. The molecule has 21 nitrogen and oxygen atoms in total. The molecule has 0 aromatic carbocycles. The van der Waals surface area contributed by atoms with Crippen LogP contribution in [0.15, 0.2) is 101 Å². The van der Waals surface area contributed by atoms with Crippen LogP contribution in [0.3, 0.4) is 0 Å². The van der Waals surface area contributed by atoms with Gasteiger partial charge in [-0.15, -0.1) is 46.1 Å². The van der Waals surface area contributed by atoms with E-state index in [1.807, 2.05) is 0 Å². The number of ether oxygens (including phenoxy) is 14. The van der Waals surface area contributed by atoms with Crippen molar-refractivity contribution in [2.75, 3.05) is 139 Å². The zero-order valence-electron chi connectivity index (χ0n) is 48.7. The largest absolute Gasteiger partial charge is 0.464 e. The standard InChI is InChI=1S/C59H90O21/c1-17-25-67-34-54(11,35-68-26-18-2)47(61)77-42-58(15,43-78-48(62)55(12,36-69-27-19-3)37-70-28-20-4)51(65)75-32-53(9,10)33-76-52(66)59(16,44-79-49(63)56(13,38-71-29-21-5)39-72-30-22-6)45-80-50(64)57(14,40-73-31-23-7)41-74-46(60)24-8/h17-24H,1-8,25-45H2,9-16H3. The lowest BCUT2D eigenvalue weighted by Crippen LogP contribution is -2.47. The van der Waals surface area contributed by atoms with Crippen molar-refractivity contribution in [1.82, 2.24) is 0 Å². The first-order chi connectivity index (χ1) is 37.6. The van der Waals surface area contributed by atoms with Crippen LogP contribution < -0.4 is 0 Å². The van der Waals surface area contributed by atoms with Gasteiger partial charge in [-0.3, -0.25) is 28.8 Å². The molecule has 0 aromatic rings. The van der Waals surface area contributed by atoms with Crippen molar-refractivity contribution in [2.45, 2.75) is 55.4 Å². The van der Waals surface area contributed by atoms with Gasteiger partial charge in [0.15, 0.2) is 0 Å². The van der Waals surface area contributed by atoms with E-state index in [1.165, 1.54) is 70.2 Å². The SMILES string of the molecule is C=CCOCC(C)(COCC=C)C(=O)OCC(C)(COC(=O)C(C)(COCC=C)COCC=C)C(=O)OCC(C)(C)COC(=O)C(C)(COC(=O)C(C)(COCC=C)COCC=C)COC(=O)C(C)(COCC=C)COC(=O)C=C. The molecule has 0 aromatic heterocycles. The van der Waals surface area contributed by atoms with Crippen LogP contribution in [-0.2, 0) is 99.9 Å². The zero-order chi connectivity index (χ0) is 60.9. The van der Waals surface area contributed by atoms with E-state index in [-0.39, 0.29) is 92.5 Å². The maximum atomic E-state index is 14.4. The van der Waals surface area contributed by atoms with Crippen molar-refractivity contribution in [1.29, 1.82) is 0 Å². The molecule has 452 valence electrons. The molecule has 0 saturated heterocycles. The number of carbonyl (C=O) groups is 7. The lowest BCUT2D eigenvalue weighted by atomic mass is 9.89. The lowest BCUT2D eigenvalue weighted by molar-refractivity contribution is -0.183. The molecule has 0 heterocycles. The minimum Gasteiger partial charge on any atom is -0.464 e. The molecule has 0 radical (unpaired) electrons. The number of carbonyl (C=O) groups excluding carboxylic acids is 7. The minimum atomic E-state index is -1.92. The molecule has 21 heteroatoms. The van der Waals surface area contributed by atoms with Crippen molar-refractivity contribution in [3.8, 4) is 0 Å². The average molecular weight is 1140 g/mol. The first-order valence-corrected chi connectivity index (χ1v) is 25.8. The summed E-state index contributed by atoms with van der Waals surface area (Å²) < 4.78 is 79.2. The fourth-order valence-electron chi connectivity index (χ4n) is 6.33. The van der Waals surface area contributed by atoms with Crippen LogP contribution in [-0.4, -0.2) is 181 Å². The summed E-state index contributed by atoms with van der Waals surface area (Å²) in [6.07, 6.45) is 11.4. The molecule has 0 amide bonds. The monoisotopic (exact) mass is 1130 g/mol. The number of hydrogen-bond acceptors (Lipinski definition) is 21. The molecule has 0 aliphatic rings. The molecule has 0 N–H and O–H groups in total. The van der Waals surface area contributed by atoms with Crippen molar-refractivity contribution in [3.05, 3.63) is 101 Å². The van der Waals surface area contributed by atoms with Crippen molar-refractivity contribution in [2.24, 2.45) is 37.9 Å². The Morgan fingerprint density at radius 2 is 0.425 bits per heavy atom. The lowest BCUT2D eigenvalue weighted by Gasteiger charge is -2.34. The highest BCUT2D eigenvalue weighted by Gasteiger charge is 2.47. The van der Waals surface area contributed by atoms with Crippen molar-refractivity contribution in [3.63, 3.8) is 0 Å². The Morgan fingerprint density at radius 3 is 0.613 bits per heavy atom. The quantitative estimate of drug-likeness (QED) is 0.0208. The van der Waals surface area contributed by atoms with Gasteiger partial charge in [0.05, 0.1) is 106 Å². The van der Waals surface area contributed by atoms with Crippen LogP contribution in [0, 0.1) is 37.9 Å². The Kier molecular flexibility index (Phi) is 34.9. The molecular weight excluding hydrogens is 1040 g/mol. The summed E-state index contributed by atoms with van der Waals surface area (Å²) in [7, 11) is 0. The fraction of sp³-hybridized carbons (Fsp3) is 0.610. The Balaban J connectivity index is 7.04. The molecule has 0 aliphatic carbocycles. The Labute approximate surface area is 473 Å². The zero-order valence-corrected chi connectivity index (χ0v) is 48.7. The first kappa shape index (κ1) is 73.9. The van der Waals surface area contributed by atoms with E-state index in [0.29, 0.717) is 0 Å².